The molecule has 2 aromatic rings. The molecule has 5 nitrogen and oxygen atoms in total. The topological polar surface area (TPSA) is 71.3 Å². The third-order valence-corrected chi connectivity index (χ3v) is 6.05. The van der Waals surface area contributed by atoms with Gasteiger partial charge >= 0.3 is 0 Å². The number of nitrogens with one attached hydrogen (secondary N) is 1. The molecule has 0 aliphatic heterocycles. The molecule has 0 amide bonds. The number of aliphatic hydroxyl groups excluding tert-OH is 1. The van der Waals surface area contributed by atoms with Crippen LogP contribution in [0.3, 0.4) is 0 Å². The van der Waals surface area contributed by atoms with Crippen LogP contribution in [0.2, 0.25) is 0 Å². The summed E-state index contributed by atoms with van der Waals surface area (Å²) in [7, 11) is -1.87. The summed E-state index contributed by atoms with van der Waals surface area (Å²) in [5.74, 6) is 0. The van der Waals surface area contributed by atoms with E-state index in [-0.39, 0.29) is 16.9 Å². The lowest BCUT2D eigenvalue weighted by Gasteiger charge is -2.23. The molecule has 0 aromatic carbocycles. The maximum Gasteiger partial charge on any atom is 0.242 e. The molecule has 7 heteroatoms. The number of sulfonamides is 1. The van der Waals surface area contributed by atoms with Crippen LogP contribution < -0.4 is 4.72 Å². The molecule has 2 N–H and O–H groups in total. The molecule has 2 heterocycles. The van der Waals surface area contributed by atoms with E-state index < -0.39 is 10.0 Å². The monoisotopic (exact) mass is 328 g/mol. The van der Waals surface area contributed by atoms with Crippen molar-refractivity contribution in [2.45, 2.75) is 30.8 Å². The molecule has 2 aromatic heterocycles. The Morgan fingerprint density at radius 3 is 2.67 bits per heavy atom. The van der Waals surface area contributed by atoms with Crippen molar-refractivity contribution in [1.29, 1.82) is 0 Å². The lowest BCUT2D eigenvalue weighted by molar-refractivity contribution is 0.272. The Morgan fingerprint density at radius 2 is 2.14 bits per heavy atom. The highest BCUT2D eigenvalue weighted by atomic mass is 32.2. The van der Waals surface area contributed by atoms with Gasteiger partial charge in [0, 0.05) is 35.8 Å². The molecule has 0 bridgehead atoms. The zero-order chi connectivity index (χ0) is 15.7. The molecule has 0 aliphatic carbocycles. The number of aromatic nitrogens is 1. The van der Waals surface area contributed by atoms with Crippen molar-refractivity contribution in [3.8, 4) is 0 Å². The number of rotatable bonds is 6. The minimum atomic E-state index is -3.57. The molecule has 21 heavy (non-hydrogen) atoms. The summed E-state index contributed by atoms with van der Waals surface area (Å²) in [6.45, 7) is 4.14. The van der Waals surface area contributed by atoms with Gasteiger partial charge in [-0.25, -0.2) is 13.1 Å². The normalized spacial score (nSPS) is 12.8. The summed E-state index contributed by atoms with van der Waals surface area (Å²) in [4.78, 5) is 1.31. The first-order chi connectivity index (χ1) is 9.76. The van der Waals surface area contributed by atoms with Crippen molar-refractivity contribution in [3.63, 3.8) is 0 Å². The molecule has 0 saturated carbocycles. The van der Waals surface area contributed by atoms with Crippen LogP contribution in [0.15, 0.2) is 34.7 Å². The first kappa shape index (κ1) is 16.2. The maximum absolute atomic E-state index is 12.3. The molecule has 0 unspecified atom stereocenters. The number of thiophene rings is 1. The minimum Gasteiger partial charge on any atom is -0.390 e. The molecule has 2 rings (SSSR count). The molecule has 0 radical (unpaired) electrons. The van der Waals surface area contributed by atoms with Crippen molar-refractivity contribution in [3.05, 3.63) is 40.3 Å². The van der Waals surface area contributed by atoms with Gasteiger partial charge in [-0.3, -0.25) is 0 Å². The van der Waals surface area contributed by atoms with E-state index in [1.165, 1.54) is 12.3 Å². The summed E-state index contributed by atoms with van der Waals surface area (Å²) in [5.41, 5.74) is 0.295. The first-order valence-corrected chi connectivity index (χ1v) is 8.92. The summed E-state index contributed by atoms with van der Waals surface area (Å²) < 4.78 is 28.9. The Morgan fingerprint density at radius 1 is 1.43 bits per heavy atom. The van der Waals surface area contributed by atoms with E-state index in [0.717, 1.165) is 4.88 Å². The molecule has 0 atom stereocenters. The van der Waals surface area contributed by atoms with E-state index in [4.69, 9.17) is 5.11 Å². The van der Waals surface area contributed by atoms with Crippen molar-refractivity contribution >= 4 is 21.4 Å². The van der Waals surface area contributed by atoms with Crippen molar-refractivity contribution in [1.82, 2.24) is 9.29 Å². The van der Waals surface area contributed by atoms with Crippen LogP contribution in [0.25, 0.3) is 0 Å². The van der Waals surface area contributed by atoms with Gasteiger partial charge in [0.15, 0.2) is 0 Å². The largest absolute Gasteiger partial charge is 0.390 e. The third-order valence-electron chi connectivity index (χ3n) is 3.45. The summed E-state index contributed by atoms with van der Waals surface area (Å²) >= 11 is 1.61. The van der Waals surface area contributed by atoms with Gasteiger partial charge in [-0.1, -0.05) is 19.9 Å². The lowest BCUT2D eigenvalue weighted by Crippen LogP contribution is -2.36. The second-order valence-corrected chi connectivity index (χ2v) is 8.34. The van der Waals surface area contributed by atoms with Crippen LogP contribution in [-0.4, -0.2) is 24.6 Å². The van der Waals surface area contributed by atoms with Crippen LogP contribution in [0.5, 0.6) is 0 Å². The highest BCUT2D eigenvalue weighted by Gasteiger charge is 2.25. The van der Waals surface area contributed by atoms with Crippen molar-refractivity contribution in [2.75, 3.05) is 6.54 Å². The van der Waals surface area contributed by atoms with Gasteiger partial charge in [0.2, 0.25) is 10.0 Å². The average Bonchev–Trinajstić information content (AvgIpc) is 3.06. The predicted molar refractivity (Wildman–Crippen MR) is 83.9 cm³/mol. The van der Waals surface area contributed by atoms with Crippen LogP contribution in [0.4, 0.5) is 0 Å². The van der Waals surface area contributed by atoms with E-state index in [1.54, 1.807) is 23.0 Å². The van der Waals surface area contributed by atoms with Gasteiger partial charge in [-0.15, -0.1) is 11.3 Å². The smallest absolute Gasteiger partial charge is 0.242 e. The standard InChI is InChI=1S/C14H20N2O3S2/c1-14(2,13-5-4-6-20-13)10-15-21(18,19)12-7-11(9-17)16(3)8-12/h4-8,15,17H,9-10H2,1-3H3. The number of aryl methyl sites for hydroxylation is 1. The Hall–Kier alpha value is -1.15. The predicted octanol–water partition coefficient (Wildman–Crippen LogP) is 1.83. The van der Waals surface area contributed by atoms with Gasteiger partial charge in [0.05, 0.1) is 11.5 Å². The number of hydrogen-bond acceptors (Lipinski definition) is 4. The first-order valence-electron chi connectivity index (χ1n) is 6.56. The highest BCUT2D eigenvalue weighted by molar-refractivity contribution is 7.89. The van der Waals surface area contributed by atoms with Gasteiger partial charge < -0.3 is 9.67 Å². The Kier molecular flexibility index (Phi) is 4.57. The van der Waals surface area contributed by atoms with Crippen LogP contribution in [-0.2, 0) is 29.1 Å². The third kappa shape index (κ3) is 3.55. The molecular formula is C14H20N2O3S2. The second kappa shape index (κ2) is 5.92. The zero-order valence-electron chi connectivity index (χ0n) is 12.3. The SMILES string of the molecule is Cn1cc(S(=O)(=O)NCC(C)(C)c2cccs2)cc1CO. The summed E-state index contributed by atoms with van der Waals surface area (Å²) in [6, 6.07) is 5.45. The van der Waals surface area contributed by atoms with E-state index in [1.807, 2.05) is 31.4 Å². The fourth-order valence-electron chi connectivity index (χ4n) is 1.99. The maximum atomic E-state index is 12.3. The molecule has 0 spiro atoms. The second-order valence-electron chi connectivity index (χ2n) is 5.62. The minimum absolute atomic E-state index is 0.177. The Labute approximate surface area is 129 Å². The molecule has 0 aliphatic rings. The van der Waals surface area contributed by atoms with Gasteiger partial charge in [-0.2, -0.15) is 0 Å². The fraction of sp³-hybridized carbons (Fsp3) is 0.429. The average molecular weight is 328 g/mol. The van der Waals surface area contributed by atoms with Crippen molar-refractivity contribution in [2.24, 2.45) is 7.05 Å². The van der Waals surface area contributed by atoms with Gasteiger partial charge in [0.25, 0.3) is 0 Å². The van der Waals surface area contributed by atoms with Crippen LogP contribution in [0, 0.1) is 0 Å². The van der Waals surface area contributed by atoms with E-state index in [2.05, 4.69) is 4.72 Å². The van der Waals surface area contributed by atoms with Crippen LogP contribution >= 0.6 is 11.3 Å². The summed E-state index contributed by atoms with van der Waals surface area (Å²) in [5, 5.41) is 11.1. The fourth-order valence-corrected chi connectivity index (χ4v) is 4.15. The van der Waals surface area contributed by atoms with E-state index in [9.17, 15) is 8.42 Å². The van der Waals surface area contributed by atoms with Gasteiger partial charge in [-0.05, 0) is 17.5 Å². The Balaban J connectivity index is 2.14. The molecular weight excluding hydrogens is 308 g/mol. The molecule has 116 valence electrons. The zero-order valence-corrected chi connectivity index (χ0v) is 14.0. The Bertz CT molecular complexity index is 701. The van der Waals surface area contributed by atoms with E-state index >= 15 is 0 Å². The highest BCUT2D eigenvalue weighted by Crippen LogP contribution is 2.27. The number of nitrogens with zero attached hydrogens (tertiary/aromatic N) is 1. The van der Waals surface area contributed by atoms with Crippen LogP contribution in [0.1, 0.15) is 24.4 Å². The summed E-state index contributed by atoms with van der Waals surface area (Å²) in [6.07, 6.45) is 1.51. The quantitative estimate of drug-likeness (QED) is 0.850. The number of aliphatic hydroxyl groups is 1. The molecule has 0 fully saturated rings. The number of hydrogen-bond donors (Lipinski definition) is 2. The van der Waals surface area contributed by atoms with Gasteiger partial charge in [0.1, 0.15) is 0 Å². The molecule has 0 saturated heterocycles. The lowest BCUT2D eigenvalue weighted by atomic mass is 9.92. The van der Waals surface area contributed by atoms with Crippen molar-refractivity contribution < 1.29 is 13.5 Å². The van der Waals surface area contributed by atoms with E-state index in [0.29, 0.717) is 12.2 Å².